The molecule has 96 valence electrons. The van der Waals surface area contributed by atoms with Crippen molar-refractivity contribution in [1.29, 1.82) is 0 Å². The third-order valence-electron chi connectivity index (χ3n) is 3.33. The lowest BCUT2D eigenvalue weighted by Gasteiger charge is -2.22. The largest absolute Gasteiger partial charge is 0.492 e. The Morgan fingerprint density at radius 3 is 2.24 bits per heavy atom. The predicted octanol–water partition coefficient (Wildman–Crippen LogP) is 3.32. The first-order valence-corrected chi connectivity index (χ1v) is 6.45. The zero-order valence-electron chi connectivity index (χ0n) is 11.7. The van der Waals surface area contributed by atoms with Gasteiger partial charge in [-0.25, -0.2) is 0 Å². The molecule has 0 heterocycles. The van der Waals surface area contributed by atoms with Gasteiger partial charge in [0.1, 0.15) is 12.4 Å². The van der Waals surface area contributed by atoms with Crippen molar-refractivity contribution in [2.24, 2.45) is 5.92 Å². The molecule has 17 heavy (non-hydrogen) atoms. The van der Waals surface area contributed by atoms with Gasteiger partial charge >= 0.3 is 0 Å². The van der Waals surface area contributed by atoms with Crippen LogP contribution in [0.1, 0.15) is 31.4 Å². The molecule has 0 saturated heterocycles. The number of aryl methyl sites for hydroxylation is 2. The number of ether oxygens (including phenoxy) is 1. The van der Waals surface area contributed by atoms with Crippen molar-refractivity contribution in [3.63, 3.8) is 0 Å². The molecule has 2 nitrogen and oxygen atoms in total. The Bertz CT molecular complexity index is 329. The predicted molar refractivity (Wildman–Crippen MR) is 73.7 cm³/mol. The van der Waals surface area contributed by atoms with Crippen molar-refractivity contribution in [2.45, 2.75) is 40.2 Å². The summed E-state index contributed by atoms with van der Waals surface area (Å²) in [6.45, 7) is 9.40. The lowest BCUT2D eigenvalue weighted by atomic mass is 10.0. The number of hydrogen-bond acceptors (Lipinski definition) is 2. The molecule has 2 atom stereocenters. The highest BCUT2D eigenvalue weighted by Crippen LogP contribution is 2.17. The summed E-state index contributed by atoms with van der Waals surface area (Å²) >= 11 is 0. The van der Waals surface area contributed by atoms with Gasteiger partial charge in [-0.1, -0.05) is 26.3 Å². The van der Waals surface area contributed by atoms with E-state index in [0.717, 1.165) is 12.4 Å². The minimum Gasteiger partial charge on any atom is -0.492 e. The van der Waals surface area contributed by atoms with Crippen LogP contribution in [0.25, 0.3) is 0 Å². The van der Waals surface area contributed by atoms with E-state index in [-0.39, 0.29) is 0 Å². The smallest absolute Gasteiger partial charge is 0.119 e. The van der Waals surface area contributed by atoms with Gasteiger partial charge in [-0.3, -0.25) is 0 Å². The molecule has 0 aliphatic carbocycles. The Balaban J connectivity index is 2.59. The van der Waals surface area contributed by atoms with Crippen LogP contribution in [-0.2, 0) is 0 Å². The summed E-state index contributed by atoms with van der Waals surface area (Å²) in [7, 11) is 2.00. The number of benzene rings is 1. The normalized spacial score (nSPS) is 14.4. The first-order chi connectivity index (χ1) is 8.06. The van der Waals surface area contributed by atoms with E-state index < -0.39 is 0 Å². The number of nitrogens with one attached hydrogen (secondary N) is 1. The maximum absolute atomic E-state index is 5.88. The Labute approximate surface area is 105 Å². The van der Waals surface area contributed by atoms with Crippen molar-refractivity contribution < 1.29 is 4.74 Å². The molecule has 0 fully saturated rings. The van der Waals surface area contributed by atoms with Gasteiger partial charge in [0.2, 0.25) is 0 Å². The molecule has 0 aromatic heterocycles. The summed E-state index contributed by atoms with van der Waals surface area (Å²) in [5.74, 6) is 1.61. The van der Waals surface area contributed by atoms with Crippen molar-refractivity contribution >= 4 is 0 Å². The highest BCUT2D eigenvalue weighted by molar-refractivity contribution is 5.33. The van der Waals surface area contributed by atoms with Crippen LogP contribution in [0.2, 0.25) is 0 Å². The van der Waals surface area contributed by atoms with Crippen LogP contribution >= 0.6 is 0 Å². The molecule has 0 amide bonds. The first-order valence-electron chi connectivity index (χ1n) is 6.45. The Morgan fingerprint density at radius 1 is 1.18 bits per heavy atom. The van der Waals surface area contributed by atoms with Gasteiger partial charge < -0.3 is 10.1 Å². The van der Waals surface area contributed by atoms with E-state index >= 15 is 0 Å². The van der Waals surface area contributed by atoms with E-state index in [1.807, 2.05) is 7.05 Å². The third kappa shape index (κ3) is 4.39. The SMILES string of the molecule is CCC(C)C(COc1cc(C)cc(C)c1)NC. The van der Waals surface area contributed by atoms with E-state index in [1.165, 1.54) is 17.5 Å². The van der Waals surface area contributed by atoms with Gasteiger partial charge in [-0.2, -0.15) is 0 Å². The first kappa shape index (κ1) is 14.0. The van der Waals surface area contributed by atoms with Crippen molar-refractivity contribution in [3.8, 4) is 5.75 Å². The van der Waals surface area contributed by atoms with Crippen LogP contribution < -0.4 is 10.1 Å². The summed E-state index contributed by atoms with van der Waals surface area (Å²) in [6, 6.07) is 6.77. The molecule has 0 bridgehead atoms. The average molecular weight is 235 g/mol. The molecule has 1 aromatic rings. The van der Waals surface area contributed by atoms with E-state index in [9.17, 15) is 0 Å². The molecule has 0 spiro atoms. The van der Waals surface area contributed by atoms with E-state index in [0.29, 0.717) is 12.0 Å². The zero-order chi connectivity index (χ0) is 12.8. The lowest BCUT2D eigenvalue weighted by Crippen LogP contribution is -2.37. The quantitative estimate of drug-likeness (QED) is 0.816. The molecule has 0 radical (unpaired) electrons. The Hall–Kier alpha value is -1.02. The molecule has 2 unspecified atom stereocenters. The van der Waals surface area contributed by atoms with Gasteiger partial charge in [0.15, 0.2) is 0 Å². The molecule has 0 aliphatic heterocycles. The minimum absolute atomic E-state index is 0.417. The van der Waals surface area contributed by atoms with E-state index in [1.54, 1.807) is 0 Å². The number of likely N-dealkylation sites (N-methyl/N-ethyl adjacent to an activating group) is 1. The summed E-state index contributed by atoms with van der Waals surface area (Å²) < 4.78 is 5.88. The summed E-state index contributed by atoms with van der Waals surface area (Å²) in [5.41, 5.74) is 2.51. The minimum atomic E-state index is 0.417. The third-order valence-corrected chi connectivity index (χ3v) is 3.33. The number of rotatable bonds is 6. The summed E-state index contributed by atoms with van der Waals surface area (Å²) in [6.07, 6.45) is 1.17. The Morgan fingerprint density at radius 2 is 1.76 bits per heavy atom. The molecular weight excluding hydrogens is 210 g/mol. The molecular formula is C15H25NO. The lowest BCUT2D eigenvalue weighted by molar-refractivity contribution is 0.228. The van der Waals surface area contributed by atoms with Crippen LogP contribution in [-0.4, -0.2) is 19.7 Å². The second kappa shape index (κ2) is 6.65. The average Bonchev–Trinajstić information content (AvgIpc) is 2.28. The second-order valence-corrected chi connectivity index (χ2v) is 4.92. The molecule has 0 aliphatic rings. The monoisotopic (exact) mass is 235 g/mol. The molecule has 1 aromatic carbocycles. The fraction of sp³-hybridized carbons (Fsp3) is 0.600. The van der Waals surface area contributed by atoms with E-state index in [4.69, 9.17) is 4.74 Å². The summed E-state index contributed by atoms with van der Waals surface area (Å²) in [4.78, 5) is 0. The van der Waals surface area contributed by atoms with Gasteiger partial charge in [0.05, 0.1) is 0 Å². The van der Waals surface area contributed by atoms with Gasteiger partial charge in [-0.15, -0.1) is 0 Å². The van der Waals surface area contributed by atoms with E-state index in [2.05, 4.69) is 51.2 Å². The molecule has 1 rings (SSSR count). The molecule has 2 heteroatoms. The van der Waals surface area contributed by atoms with Gasteiger partial charge in [-0.05, 0) is 50.1 Å². The maximum atomic E-state index is 5.88. The highest BCUT2D eigenvalue weighted by atomic mass is 16.5. The van der Waals surface area contributed by atoms with Crippen molar-refractivity contribution in [3.05, 3.63) is 29.3 Å². The summed E-state index contributed by atoms with van der Waals surface area (Å²) in [5, 5.41) is 3.33. The topological polar surface area (TPSA) is 21.3 Å². The second-order valence-electron chi connectivity index (χ2n) is 4.92. The van der Waals surface area contributed by atoms with Gasteiger partial charge in [0.25, 0.3) is 0 Å². The highest BCUT2D eigenvalue weighted by Gasteiger charge is 2.14. The molecule has 1 N–H and O–H groups in total. The number of hydrogen-bond donors (Lipinski definition) is 1. The zero-order valence-corrected chi connectivity index (χ0v) is 11.7. The van der Waals surface area contributed by atoms with Crippen LogP contribution in [0.3, 0.4) is 0 Å². The molecule has 0 saturated carbocycles. The van der Waals surface area contributed by atoms with Crippen molar-refractivity contribution in [2.75, 3.05) is 13.7 Å². The maximum Gasteiger partial charge on any atom is 0.119 e. The standard InChI is InChI=1S/C15H25NO/c1-6-13(4)15(16-5)10-17-14-8-11(2)7-12(3)9-14/h7-9,13,15-16H,6,10H2,1-5H3. The van der Waals surface area contributed by atoms with Crippen LogP contribution in [0, 0.1) is 19.8 Å². The fourth-order valence-corrected chi connectivity index (χ4v) is 2.02. The van der Waals surface area contributed by atoms with Crippen LogP contribution in [0.15, 0.2) is 18.2 Å². The van der Waals surface area contributed by atoms with Gasteiger partial charge in [0, 0.05) is 6.04 Å². The van der Waals surface area contributed by atoms with Crippen LogP contribution in [0.4, 0.5) is 0 Å². The Kier molecular flexibility index (Phi) is 5.49. The van der Waals surface area contributed by atoms with Crippen molar-refractivity contribution in [1.82, 2.24) is 5.32 Å². The fourth-order valence-electron chi connectivity index (χ4n) is 2.02. The van der Waals surface area contributed by atoms with Crippen LogP contribution in [0.5, 0.6) is 5.75 Å².